The Morgan fingerprint density at radius 3 is 2.88 bits per heavy atom. The predicted octanol–water partition coefficient (Wildman–Crippen LogP) is 2.88. The number of nitrogen functional groups attached to an aromatic ring is 1. The first-order valence-electron chi connectivity index (χ1n) is 4.91. The van der Waals surface area contributed by atoms with Crippen LogP contribution >= 0.6 is 11.6 Å². The quantitative estimate of drug-likeness (QED) is 0.626. The maximum atomic E-state index is 13.7. The van der Waals surface area contributed by atoms with Gasteiger partial charge in [0.05, 0.1) is 5.02 Å². The summed E-state index contributed by atoms with van der Waals surface area (Å²) in [4.78, 5) is 4.13. The third-order valence-electron chi connectivity index (χ3n) is 2.48. The highest BCUT2D eigenvalue weighted by molar-refractivity contribution is 6.31. The van der Waals surface area contributed by atoms with Crippen LogP contribution in [-0.2, 0) is 6.42 Å². The van der Waals surface area contributed by atoms with Crippen molar-refractivity contribution in [3.8, 4) is 0 Å². The van der Waals surface area contributed by atoms with Gasteiger partial charge in [0, 0.05) is 5.39 Å². The molecule has 0 bridgehead atoms. The van der Waals surface area contributed by atoms with Gasteiger partial charge in [-0.25, -0.2) is 15.2 Å². The Balaban J connectivity index is 2.78. The lowest BCUT2D eigenvalue weighted by Gasteiger charge is -2.09. The second-order valence-corrected chi connectivity index (χ2v) is 3.83. The molecule has 3 nitrogen and oxygen atoms in total. The zero-order chi connectivity index (χ0) is 11.7. The fourth-order valence-corrected chi connectivity index (χ4v) is 1.77. The van der Waals surface area contributed by atoms with Gasteiger partial charge in [0.2, 0.25) is 0 Å². The molecule has 0 aliphatic rings. The molecule has 5 heteroatoms. The molecule has 0 unspecified atom stereocenters. The van der Waals surface area contributed by atoms with E-state index in [9.17, 15) is 4.39 Å². The highest BCUT2D eigenvalue weighted by atomic mass is 35.5. The van der Waals surface area contributed by atoms with Gasteiger partial charge in [-0.3, -0.25) is 0 Å². The lowest BCUT2D eigenvalue weighted by atomic mass is 10.1. The second-order valence-electron chi connectivity index (χ2n) is 3.43. The molecule has 0 saturated carbocycles. The molecule has 0 atom stereocenters. The molecule has 0 fully saturated rings. The van der Waals surface area contributed by atoms with E-state index in [0.717, 1.165) is 17.4 Å². The molecule has 84 valence electrons. The number of hydrazine groups is 1. The van der Waals surface area contributed by atoms with Crippen molar-refractivity contribution < 1.29 is 4.39 Å². The zero-order valence-electron chi connectivity index (χ0n) is 8.72. The third-order valence-corrected chi connectivity index (χ3v) is 2.77. The van der Waals surface area contributed by atoms with Crippen LogP contribution < -0.4 is 11.3 Å². The zero-order valence-corrected chi connectivity index (χ0v) is 9.48. The van der Waals surface area contributed by atoms with Crippen molar-refractivity contribution in [3.05, 3.63) is 34.6 Å². The monoisotopic (exact) mass is 239 g/mol. The Labute approximate surface area is 97.4 Å². The van der Waals surface area contributed by atoms with Crippen molar-refractivity contribution in [1.82, 2.24) is 4.98 Å². The van der Waals surface area contributed by atoms with E-state index in [2.05, 4.69) is 10.4 Å². The predicted molar refractivity (Wildman–Crippen MR) is 63.9 cm³/mol. The van der Waals surface area contributed by atoms with Crippen molar-refractivity contribution in [2.24, 2.45) is 5.84 Å². The van der Waals surface area contributed by atoms with Crippen molar-refractivity contribution in [1.29, 1.82) is 0 Å². The van der Waals surface area contributed by atoms with Gasteiger partial charge in [-0.15, -0.1) is 0 Å². The molecule has 2 aromatic rings. The van der Waals surface area contributed by atoms with E-state index in [1.807, 2.05) is 13.0 Å². The summed E-state index contributed by atoms with van der Waals surface area (Å²) in [7, 11) is 0. The topological polar surface area (TPSA) is 50.9 Å². The number of aryl methyl sites for hydroxylation is 1. The van der Waals surface area contributed by atoms with Crippen LogP contribution in [0.5, 0.6) is 0 Å². The van der Waals surface area contributed by atoms with Gasteiger partial charge in [-0.2, -0.15) is 0 Å². The van der Waals surface area contributed by atoms with E-state index >= 15 is 0 Å². The highest BCUT2D eigenvalue weighted by Crippen LogP contribution is 2.26. The summed E-state index contributed by atoms with van der Waals surface area (Å²) in [5.74, 6) is 5.30. The molecule has 0 spiro atoms. The Morgan fingerprint density at radius 2 is 2.25 bits per heavy atom. The molecule has 0 saturated heterocycles. The normalized spacial score (nSPS) is 10.8. The van der Waals surface area contributed by atoms with Crippen LogP contribution in [0.1, 0.15) is 12.5 Å². The fourth-order valence-electron chi connectivity index (χ4n) is 1.62. The summed E-state index contributed by atoms with van der Waals surface area (Å²) in [6.07, 6.45) is 0.771. The third kappa shape index (κ3) is 1.70. The molecule has 3 N–H and O–H groups in total. The minimum absolute atomic E-state index is 0.0622. The van der Waals surface area contributed by atoms with E-state index in [0.29, 0.717) is 5.82 Å². The second kappa shape index (κ2) is 4.23. The minimum atomic E-state index is -0.515. The van der Waals surface area contributed by atoms with E-state index in [-0.39, 0.29) is 10.5 Å². The van der Waals surface area contributed by atoms with Crippen LogP contribution in [-0.4, -0.2) is 4.98 Å². The minimum Gasteiger partial charge on any atom is -0.308 e. The summed E-state index contributed by atoms with van der Waals surface area (Å²) in [6, 6.07) is 5.13. The van der Waals surface area contributed by atoms with Crippen LogP contribution in [0.2, 0.25) is 5.02 Å². The molecule has 0 aliphatic carbocycles. The Hall–Kier alpha value is -1.39. The molecule has 1 aromatic heterocycles. The largest absolute Gasteiger partial charge is 0.308 e. The van der Waals surface area contributed by atoms with Crippen molar-refractivity contribution in [3.63, 3.8) is 0 Å². The van der Waals surface area contributed by atoms with Crippen LogP contribution in [0.25, 0.3) is 10.9 Å². The number of pyridine rings is 1. The summed E-state index contributed by atoms with van der Waals surface area (Å²) >= 11 is 5.69. The van der Waals surface area contributed by atoms with E-state index < -0.39 is 5.82 Å². The summed E-state index contributed by atoms with van der Waals surface area (Å²) in [6.45, 7) is 1.98. The summed E-state index contributed by atoms with van der Waals surface area (Å²) in [5, 5.41) is 0.782. The van der Waals surface area contributed by atoms with Crippen LogP contribution in [0.3, 0.4) is 0 Å². The Bertz CT molecular complexity index is 542. The molecular formula is C11H11ClFN3. The maximum Gasteiger partial charge on any atom is 0.168 e. The highest BCUT2D eigenvalue weighted by Gasteiger charge is 2.10. The van der Waals surface area contributed by atoms with E-state index in [1.54, 1.807) is 6.07 Å². The smallest absolute Gasteiger partial charge is 0.168 e. The van der Waals surface area contributed by atoms with Crippen LogP contribution in [0, 0.1) is 5.82 Å². The number of hydrogen-bond acceptors (Lipinski definition) is 3. The number of nitrogens with two attached hydrogens (primary N) is 1. The number of fused-ring (bicyclic) bond motifs is 1. The van der Waals surface area contributed by atoms with Crippen molar-refractivity contribution in [2.75, 3.05) is 5.43 Å². The number of nitrogens with one attached hydrogen (secondary N) is 1. The molecule has 0 amide bonds. The van der Waals surface area contributed by atoms with Crippen LogP contribution in [0.15, 0.2) is 18.2 Å². The van der Waals surface area contributed by atoms with Gasteiger partial charge in [0.15, 0.2) is 5.82 Å². The first-order valence-corrected chi connectivity index (χ1v) is 5.29. The molecule has 0 radical (unpaired) electrons. The van der Waals surface area contributed by atoms with Gasteiger partial charge in [0.25, 0.3) is 0 Å². The molecule has 1 heterocycles. The van der Waals surface area contributed by atoms with Crippen molar-refractivity contribution >= 4 is 28.3 Å². The summed E-state index contributed by atoms with van der Waals surface area (Å²) in [5.41, 5.74) is 3.64. The number of rotatable bonds is 2. The lowest BCUT2D eigenvalue weighted by Crippen LogP contribution is -2.11. The number of anilines is 1. The Morgan fingerprint density at radius 1 is 1.50 bits per heavy atom. The fraction of sp³-hybridized carbons (Fsp3) is 0.182. The van der Waals surface area contributed by atoms with Gasteiger partial charge in [-0.1, -0.05) is 24.6 Å². The number of nitrogens with zero attached hydrogens (tertiary/aromatic N) is 1. The van der Waals surface area contributed by atoms with Gasteiger partial charge >= 0.3 is 0 Å². The van der Waals surface area contributed by atoms with E-state index in [1.165, 1.54) is 6.07 Å². The average molecular weight is 240 g/mol. The molecular weight excluding hydrogens is 229 g/mol. The first-order chi connectivity index (χ1) is 7.67. The van der Waals surface area contributed by atoms with Gasteiger partial charge in [0.1, 0.15) is 11.3 Å². The van der Waals surface area contributed by atoms with Gasteiger partial charge in [-0.05, 0) is 24.1 Å². The molecule has 16 heavy (non-hydrogen) atoms. The number of halogens is 2. The Kier molecular flexibility index (Phi) is 2.94. The maximum absolute atomic E-state index is 13.7. The number of hydrogen-bond donors (Lipinski definition) is 2. The number of benzene rings is 1. The van der Waals surface area contributed by atoms with E-state index in [4.69, 9.17) is 17.4 Å². The summed E-state index contributed by atoms with van der Waals surface area (Å²) < 4.78 is 13.7. The first kappa shape index (κ1) is 11.1. The van der Waals surface area contributed by atoms with Crippen LogP contribution in [0.4, 0.5) is 10.2 Å². The average Bonchev–Trinajstić information content (AvgIpc) is 2.32. The standard InChI is InChI=1S/C11H11ClFN3/c1-2-6-5-7-3-4-8(12)9(13)10(7)15-11(6)16-14/h3-5H,2,14H2,1H3,(H,15,16). The van der Waals surface area contributed by atoms with Gasteiger partial charge < -0.3 is 5.43 Å². The van der Waals surface area contributed by atoms with Crippen molar-refractivity contribution in [2.45, 2.75) is 13.3 Å². The number of aromatic nitrogens is 1. The molecule has 2 rings (SSSR count). The molecule has 0 aliphatic heterocycles. The lowest BCUT2D eigenvalue weighted by molar-refractivity contribution is 0.637. The SMILES string of the molecule is CCc1cc2ccc(Cl)c(F)c2nc1NN. The molecule has 1 aromatic carbocycles.